The topological polar surface area (TPSA) is 75.7 Å². The maximum atomic E-state index is 12.2. The minimum Gasteiger partial charge on any atom is -0.484 e. The summed E-state index contributed by atoms with van der Waals surface area (Å²) >= 11 is 0. The van der Waals surface area contributed by atoms with Crippen molar-refractivity contribution >= 4 is 29.0 Å². The molecule has 2 amide bonds. The molecule has 28 heavy (non-hydrogen) atoms. The lowest BCUT2D eigenvalue weighted by molar-refractivity contribution is -0.118. The van der Waals surface area contributed by atoms with E-state index in [9.17, 15) is 14.4 Å². The third kappa shape index (κ3) is 4.97. The van der Waals surface area contributed by atoms with Crippen molar-refractivity contribution in [1.29, 1.82) is 0 Å². The molecule has 0 atom stereocenters. The van der Waals surface area contributed by atoms with E-state index in [2.05, 4.69) is 5.32 Å². The van der Waals surface area contributed by atoms with Crippen LogP contribution in [0.15, 0.2) is 42.5 Å². The summed E-state index contributed by atoms with van der Waals surface area (Å²) in [5, 5.41) is 2.83. The Morgan fingerprint density at radius 1 is 1.07 bits per heavy atom. The fourth-order valence-corrected chi connectivity index (χ4v) is 3.23. The van der Waals surface area contributed by atoms with Gasteiger partial charge in [0.05, 0.1) is 0 Å². The highest BCUT2D eigenvalue weighted by atomic mass is 16.5. The standard InChI is InChI=1S/C22H24N2O4/c1-15(25)3-4-17-5-8-20(9-6-17)28-14-22(27)23-19-7-10-21-18(13-19)11-12-24(21)16(2)26/h5-10,13H,3-4,11-12,14H2,1-2H3,(H,23,27). The van der Waals surface area contributed by atoms with Gasteiger partial charge in [-0.3, -0.25) is 9.59 Å². The van der Waals surface area contributed by atoms with Crippen LogP contribution in [0, 0.1) is 0 Å². The number of nitrogens with one attached hydrogen (secondary N) is 1. The lowest BCUT2D eigenvalue weighted by atomic mass is 10.1. The van der Waals surface area contributed by atoms with Crippen molar-refractivity contribution in [3.05, 3.63) is 53.6 Å². The quantitative estimate of drug-likeness (QED) is 0.801. The van der Waals surface area contributed by atoms with Crippen LogP contribution < -0.4 is 15.0 Å². The SMILES string of the molecule is CC(=O)CCc1ccc(OCC(=O)Nc2ccc3c(c2)CCN3C(C)=O)cc1. The second kappa shape index (κ2) is 8.69. The molecule has 0 aliphatic carbocycles. The number of hydrogen-bond donors (Lipinski definition) is 1. The van der Waals surface area contributed by atoms with Crippen LogP contribution in [0.5, 0.6) is 5.75 Å². The van der Waals surface area contributed by atoms with Gasteiger partial charge in [0.15, 0.2) is 6.61 Å². The number of aryl methyl sites for hydroxylation is 1. The van der Waals surface area contributed by atoms with Gasteiger partial charge >= 0.3 is 0 Å². The number of ether oxygens (including phenoxy) is 1. The van der Waals surface area contributed by atoms with E-state index in [0.717, 1.165) is 23.2 Å². The number of carbonyl (C=O) groups is 3. The van der Waals surface area contributed by atoms with E-state index in [-0.39, 0.29) is 24.2 Å². The zero-order chi connectivity index (χ0) is 20.1. The number of rotatable bonds is 7. The van der Waals surface area contributed by atoms with Crippen LogP contribution in [-0.2, 0) is 27.2 Å². The number of nitrogens with zero attached hydrogens (tertiary/aromatic N) is 1. The summed E-state index contributed by atoms with van der Waals surface area (Å²) in [6, 6.07) is 13.0. The Bertz CT molecular complexity index is 890. The zero-order valence-corrected chi connectivity index (χ0v) is 16.2. The molecule has 0 saturated carbocycles. The fourth-order valence-electron chi connectivity index (χ4n) is 3.23. The van der Waals surface area contributed by atoms with Crippen LogP contribution in [0.3, 0.4) is 0 Å². The lowest BCUT2D eigenvalue weighted by Gasteiger charge is -2.15. The first-order valence-electron chi connectivity index (χ1n) is 9.34. The summed E-state index contributed by atoms with van der Waals surface area (Å²) in [5.41, 5.74) is 3.71. The molecule has 146 valence electrons. The highest BCUT2D eigenvalue weighted by Gasteiger charge is 2.22. The molecule has 1 aliphatic heterocycles. The monoisotopic (exact) mass is 380 g/mol. The predicted octanol–water partition coefficient (Wildman–Crippen LogP) is 3.13. The van der Waals surface area contributed by atoms with Gasteiger partial charge in [0, 0.05) is 31.3 Å². The van der Waals surface area contributed by atoms with E-state index in [1.165, 1.54) is 0 Å². The van der Waals surface area contributed by atoms with Gasteiger partial charge in [-0.15, -0.1) is 0 Å². The maximum absolute atomic E-state index is 12.2. The van der Waals surface area contributed by atoms with E-state index in [4.69, 9.17) is 4.74 Å². The normalized spacial score (nSPS) is 12.4. The summed E-state index contributed by atoms with van der Waals surface area (Å²) in [6.07, 6.45) is 2.01. The molecule has 0 bridgehead atoms. The van der Waals surface area contributed by atoms with Crippen LogP contribution in [0.4, 0.5) is 11.4 Å². The molecular weight excluding hydrogens is 356 g/mol. The second-order valence-corrected chi connectivity index (χ2v) is 6.95. The van der Waals surface area contributed by atoms with Crippen molar-refractivity contribution in [2.45, 2.75) is 33.1 Å². The Labute approximate surface area is 164 Å². The predicted molar refractivity (Wildman–Crippen MR) is 108 cm³/mol. The summed E-state index contributed by atoms with van der Waals surface area (Å²) in [7, 11) is 0. The van der Waals surface area contributed by atoms with E-state index in [1.54, 1.807) is 36.9 Å². The smallest absolute Gasteiger partial charge is 0.262 e. The Morgan fingerprint density at radius 2 is 1.82 bits per heavy atom. The Kier molecular flexibility index (Phi) is 6.09. The first-order valence-corrected chi connectivity index (χ1v) is 9.34. The average Bonchev–Trinajstić information content (AvgIpc) is 3.09. The van der Waals surface area contributed by atoms with Crippen LogP contribution in [-0.4, -0.2) is 30.7 Å². The third-order valence-corrected chi connectivity index (χ3v) is 4.70. The van der Waals surface area contributed by atoms with Crippen molar-refractivity contribution in [2.75, 3.05) is 23.4 Å². The number of amides is 2. The average molecular weight is 380 g/mol. The van der Waals surface area contributed by atoms with Crippen LogP contribution in [0.1, 0.15) is 31.4 Å². The molecule has 1 aliphatic rings. The van der Waals surface area contributed by atoms with Crippen LogP contribution in [0.2, 0.25) is 0 Å². The van der Waals surface area contributed by atoms with Gasteiger partial charge in [-0.05, 0) is 61.2 Å². The highest BCUT2D eigenvalue weighted by Crippen LogP contribution is 2.30. The lowest BCUT2D eigenvalue weighted by Crippen LogP contribution is -2.25. The summed E-state index contributed by atoms with van der Waals surface area (Å²) < 4.78 is 5.53. The number of hydrogen-bond acceptors (Lipinski definition) is 4. The molecule has 1 heterocycles. The number of carbonyl (C=O) groups excluding carboxylic acids is 3. The van der Waals surface area contributed by atoms with Crippen molar-refractivity contribution in [2.24, 2.45) is 0 Å². The Balaban J connectivity index is 1.51. The largest absolute Gasteiger partial charge is 0.484 e. The molecule has 0 spiro atoms. The molecule has 0 radical (unpaired) electrons. The third-order valence-electron chi connectivity index (χ3n) is 4.70. The first-order chi connectivity index (χ1) is 13.4. The van der Waals surface area contributed by atoms with Gasteiger partial charge in [-0.1, -0.05) is 12.1 Å². The number of fused-ring (bicyclic) bond motifs is 1. The molecular formula is C22H24N2O4. The summed E-state index contributed by atoms with van der Waals surface area (Å²) in [6.45, 7) is 3.71. The first kappa shape index (κ1) is 19.6. The molecule has 0 aromatic heterocycles. The van der Waals surface area contributed by atoms with E-state index in [0.29, 0.717) is 30.8 Å². The van der Waals surface area contributed by atoms with E-state index in [1.807, 2.05) is 24.3 Å². The van der Waals surface area contributed by atoms with Crippen molar-refractivity contribution in [1.82, 2.24) is 0 Å². The number of benzene rings is 2. The molecule has 0 unspecified atom stereocenters. The highest BCUT2D eigenvalue weighted by molar-refractivity contribution is 5.96. The van der Waals surface area contributed by atoms with Gasteiger partial charge in [0.1, 0.15) is 11.5 Å². The Morgan fingerprint density at radius 3 is 2.50 bits per heavy atom. The number of ketones is 1. The summed E-state index contributed by atoms with van der Waals surface area (Å²) in [4.78, 5) is 36.5. The van der Waals surface area contributed by atoms with Gasteiger partial charge < -0.3 is 19.7 Å². The molecule has 3 rings (SSSR count). The second-order valence-electron chi connectivity index (χ2n) is 6.95. The van der Waals surface area contributed by atoms with Crippen LogP contribution in [0.25, 0.3) is 0 Å². The molecule has 6 nitrogen and oxygen atoms in total. The zero-order valence-electron chi connectivity index (χ0n) is 16.2. The minimum atomic E-state index is -0.248. The molecule has 1 N–H and O–H groups in total. The maximum Gasteiger partial charge on any atom is 0.262 e. The van der Waals surface area contributed by atoms with E-state index >= 15 is 0 Å². The summed E-state index contributed by atoms with van der Waals surface area (Å²) in [5.74, 6) is 0.545. The van der Waals surface area contributed by atoms with Crippen molar-refractivity contribution in [3.63, 3.8) is 0 Å². The molecule has 2 aromatic carbocycles. The molecule has 0 fully saturated rings. The Hall–Kier alpha value is -3.15. The van der Waals surface area contributed by atoms with Gasteiger partial charge in [0.25, 0.3) is 5.91 Å². The van der Waals surface area contributed by atoms with Gasteiger partial charge in [-0.2, -0.15) is 0 Å². The minimum absolute atomic E-state index is 0.0243. The van der Waals surface area contributed by atoms with E-state index < -0.39 is 0 Å². The van der Waals surface area contributed by atoms with Gasteiger partial charge in [-0.25, -0.2) is 0 Å². The fraction of sp³-hybridized carbons (Fsp3) is 0.318. The van der Waals surface area contributed by atoms with Gasteiger partial charge in [0.2, 0.25) is 5.91 Å². The van der Waals surface area contributed by atoms with Crippen molar-refractivity contribution < 1.29 is 19.1 Å². The number of Topliss-reactive ketones (excluding diaryl/α,β-unsaturated/α-hetero) is 1. The molecule has 2 aromatic rings. The number of anilines is 2. The van der Waals surface area contributed by atoms with Crippen molar-refractivity contribution in [3.8, 4) is 5.75 Å². The van der Waals surface area contributed by atoms with Crippen LogP contribution >= 0.6 is 0 Å². The molecule has 6 heteroatoms. The molecule has 0 saturated heterocycles.